The van der Waals surface area contributed by atoms with Gasteiger partial charge >= 0.3 is 0 Å². The Morgan fingerprint density at radius 1 is 1.50 bits per heavy atom. The molecule has 1 saturated heterocycles. The van der Waals surface area contributed by atoms with E-state index in [4.69, 9.17) is 5.73 Å². The maximum atomic E-state index is 12.0. The summed E-state index contributed by atoms with van der Waals surface area (Å²) in [5.41, 5.74) is 8.00. The van der Waals surface area contributed by atoms with Crippen molar-refractivity contribution < 1.29 is 4.79 Å². The molecule has 3 N–H and O–H groups in total. The highest BCUT2D eigenvalue weighted by molar-refractivity contribution is 5.94. The van der Waals surface area contributed by atoms with Crippen molar-refractivity contribution in [2.75, 3.05) is 25.0 Å². The largest absolute Gasteiger partial charge is 0.370 e. The number of nitrogens with zero attached hydrogens (tertiary/aromatic N) is 2. The van der Waals surface area contributed by atoms with Crippen LogP contribution in [-0.2, 0) is 11.2 Å². The second-order valence-electron chi connectivity index (χ2n) is 5.97. The number of guanidine groups is 1. The number of carbonyl (C=O) groups is 1. The highest BCUT2D eigenvalue weighted by Crippen LogP contribution is 2.15. The zero-order valence-electron chi connectivity index (χ0n) is 13.5. The Labute approximate surface area is 132 Å². The molecule has 5 nitrogen and oxygen atoms in total. The third kappa shape index (κ3) is 4.76. The highest BCUT2D eigenvalue weighted by Gasteiger charge is 2.17. The minimum Gasteiger partial charge on any atom is -0.370 e. The summed E-state index contributed by atoms with van der Waals surface area (Å²) in [6.45, 7) is 6.22. The lowest BCUT2D eigenvalue weighted by Gasteiger charge is -2.31. The summed E-state index contributed by atoms with van der Waals surface area (Å²) in [6, 6.07) is 7.86. The van der Waals surface area contributed by atoms with Gasteiger partial charge in [0.1, 0.15) is 6.54 Å². The first kappa shape index (κ1) is 16.3. The molecule has 0 radical (unpaired) electrons. The van der Waals surface area contributed by atoms with Gasteiger partial charge in [0, 0.05) is 18.8 Å². The summed E-state index contributed by atoms with van der Waals surface area (Å²) < 4.78 is 0. The van der Waals surface area contributed by atoms with E-state index in [1.807, 2.05) is 24.3 Å². The molecule has 22 heavy (non-hydrogen) atoms. The number of anilines is 1. The van der Waals surface area contributed by atoms with Gasteiger partial charge in [-0.25, -0.2) is 4.99 Å². The van der Waals surface area contributed by atoms with Crippen molar-refractivity contribution in [3.63, 3.8) is 0 Å². The fourth-order valence-corrected chi connectivity index (χ4v) is 2.72. The number of rotatable bonds is 4. The van der Waals surface area contributed by atoms with Gasteiger partial charge in [-0.3, -0.25) is 4.79 Å². The number of carbonyl (C=O) groups excluding carboxylic acids is 1. The normalized spacial score (nSPS) is 19.1. The van der Waals surface area contributed by atoms with Gasteiger partial charge in [0.2, 0.25) is 5.91 Å². The number of amides is 1. The van der Waals surface area contributed by atoms with E-state index in [0.29, 0.717) is 11.9 Å². The molecule has 0 aliphatic carbocycles. The first-order chi connectivity index (χ1) is 10.6. The van der Waals surface area contributed by atoms with E-state index in [-0.39, 0.29) is 12.5 Å². The van der Waals surface area contributed by atoms with Gasteiger partial charge in [0.25, 0.3) is 0 Å². The molecule has 1 fully saturated rings. The summed E-state index contributed by atoms with van der Waals surface area (Å²) in [5.74, 6) is 0.971. The zero-order valence-corrected chi connectivity index (χ0v) is 13.5. The summed E-state index contributed by atoms with van der Waals surface area (Å²) in [7, 11) is 0. The van der Waals surface area contributed by atoms with Crippen LogP contribution in [0, 0.1) is 5.92 Å². The van der Waals surface area contributed by atoms with Crippen molar-refractivity contribution in [3.05, 3.63) is 29.8 Å². The Bertz CT molecular complexity index is 541. The molecule has 1 unspecified atom stereocenters. The molecule has 120 valence electrons. The van der Waals surface area contributed by atoms with E-state index in [1.54, 1.807) is 0 Å². The molecule has 0 saturated carbocycles. The minimum absolute atomic E-state index is 0.0626. The van der Waals surface area contributed by atoms with E-state index < -0.39 is 0 Å². The summed E-state index contributed by atoms with van der Waals surface area (Å²) in [4.78, 5) is 18.3. The lowest BCUT2D eigenvalue weighted by atomic mass is 10.0. The smallest absolute Gasteiger partial charge is 0.246 e. The fourth-order valence-electron chi connectivity index (χ4n) is 2.72. The Kier molecular flexibility index (Phi) is 5.81. The van der Waals surface area contributed by atoms with E-state index in [0.717, 1.165) is 31.6 Å². The third-order valence-corrected chi connectivity index (χ3v) is 3.98. The van der Waals surface area contributed by atoms with Crippen LogP contribution in [0.1, 0.15) is 32.3 Å². The van der Waals surface area contributed by atoms with Crippen LogP contribution in [-0.4, -0.2) is 36.4 Å². The maximum absolute atomic E-state index is 12.0. The topological polar surface area (TPSA) is 70.7 Å². The Balaban J connectivity index is 1.87. The molecule has 0 bridgehead atoms. The van der Waals surface area contributed by atoms with E-state index in [1.165, 1.54) is 12.0 Å². The number of hydrogen-bond acceptors (Lipinski definition) is 2. The average molecular weight is 302 g/mol. The molecule has 1 aromatic carbocycles. The molecule has 1 aliphatic rings. The third-order valence-electron chi connectivity index (χ3n) is 3.98. The number of aryl methyl sites for hydroxylation is 1. The van der Waals surface area contributed by atoms with Crippen LogP contribution in [0.4, 0.5) is 5.69 Å². The van der Waals surface area contributed by atoms with Gasteiger partial charge in [0.15, 0.2) is 5.96 Å². The van der Waals surface area contributed by atoms with E-state index >= 15 is 0 Å². The van der Waals surface area contributed by atoms with Crippen LogP contribution < -0.4 is 11.1 Å². The first-order valence-corrected chi connectivity index (χ1v) is 8.02. The zero-order chi connectivity index (χ0) is 15.9. The number of hydrogen-bond donors (Lipinski definition) is 2. The van der Waals surface area contributed by atoms with Crippen LogP contribution in [0.25, 0.3) is 0 Å². The van der Waals surface area contributed by atoms with Crippen molar-refractivity contribution in [2.45, 2.75) is 33.1 Å². The molecule has 0 spiro atoms. The minimum atomic E-state index is -0.138. The number of nitrogens with two attached hydrogens (primary N) is 1. The van der Waals surface area contributed by atoms with Crippen LogP contribution >= 0.6 is 0 Å². The van der Waals surface area contributed by atoms with Crippen LogP contribution in [0.3, 0.4) is 0 Å². The average Bonchev–Trinajstić information content (AvgIpc) is 2.52. The molecule has 1 amide bonds. The van der Waals surface area contributed by atoms with Gasteiger partial charge in [-0.15, -0.1) is 0 Å². The monoisotopic (exact) mass is 302 g/mol. The fraction of sp³-hybridized carbons (Fsp3) is 0.529. The molecule has 1 aromatic rings. The summed E-state index contributed by atoms with van der Waals surface area (Å²) >= 11 is 0. The predicted octanol–water partition coefficient (Wildman–Crippen LogP) is 2.23. The number of benzene rings is 1. The Hall–Kier alpha value is -2.04. The van der Waals surface area contributed by atoms with Gasteiger partial charge in [0.05, 0.1) is 0 Å². The van der Waals surface area contributed by atoms with Crippen molar-refractivity contribution in [3.8, 4) is 0 Å². The highest BCUT2D eigenvalue weighted by atomic mass is 16.1. The van der Waals surface area contributed by atoms with E-state index in [2.05, 4.69) is 29.1 Å². The first-order valence-electron chi connectivity index (χ1n) is 8.02. The molecular weight excluding hydrogens is 276 g/mol. The number of likely N-dealkylation sites (tertiary alicyclic amines) is 1. The molecule has 0 aromatic heterocycles. The molecule has 5 heteroatoms. The van der Waals surface area contributed by atoms with Gasteiger partial charge in [-0.1, -0.05) is 26.0 Å². The SMILES string of the molecule is CCc1cccc(NC(=O)CN=C(N)N2CCCC(C)C2)c1. The Morgan fingerprint density at radius 2 is 2.32 bits per heavy atom. The standard InChI is InChI=1S/C17H26N4O/c1-3-14-7-4-8-15(10-14)20-16(22)11-19-17(18)21-9-5-6-13(2)12-21/h4,7-8,10,13H,3,5-6,9,11-12H2,1-2H3,(H2,18,19)(H,20,22). The molecular formula is C17H26N4O. The van der Waals surface area contributed by atoms with Gasteiger partial charge in [-0.05, 0) is 42.9 Å². The second kappa shape index (κ2) is 7.82. The van der Waals surface area contributed by atoms with E-state index in [9.17, 15) is 4.79 Å². The van der Waals surface area contributed by atoms with Crippen molar-refractivity contribution in [1.82, 2.24) is 4.90 Å². The number of nitrogens with one attached hydrogen (secondary N) is 1. The van der Waals surface area contributed by atoms with Crippen molar-refractivity contribution in [2.24, 2.45) is 16.6 Å². The van der Waals surface area contributed by atoms with Crippen molar-refractivity contribution >= 4 is 17.6 Å². The second-order valence-corrected chi connectivity index (χ2v) is 5.97. The van der Waals surface area contributed by atoms with Crippen LogP contribution in [0.5, 0.6) is 0 Å². The molecule has 1 heterocycles. The lowest BCUT2D eigenvalue weighted by Crippen LogP contribution is -2.43. The molecule has 2 rings (SSSR count). The molecule has 1 atom stereocenters. The summed E-state index contributed by atoms with van der Waals surface area (Å²) in [5, 5.41) is 2.86. The summed E-state index contributed by atoms with van der Waals surface area (Å²) in [6.07, 6.45) is 3.31. The maximum Gasteiger partial charge on any atom is 0.246 e. The predicted molar refractivity (Wildman–Crippen MR) is 90.9 cm³/mol. The van der Waals surface area contributed by atoms with Crippen molar-refractivity contribution in [1.29, 1.82) is 0 Å². The number of piperidine rings is 1. The Morgan fingerprint density at radius 3 is 3.05 bits per heavy atom. The van der Waals surface area contributed by atoms with Gasteiger partial charge < -0.3 is 16.0 Å². The van der Waals surface area contributed by atoms with Crippen LogP contribution in [0.15, 0.2) is 29.3 Å². The van der Waals surface area contributed by atoms with Crippen LogP contribution in [0.2, 0.25) is 0 Å². The molecule has 1 aliphatic heterocycles. The number of aliphatic imine (C=N–C) groups is 1. The quantitative estimate of drug-likeness (QED) is 0.662. The lowest BCUT2D eigenvalue weighted by molar-refractivity contribution is -0.114. The van der Waals surface area contributed by atoms with Gasteiger partial charge in [-0.2, -0.15) is 0 Å².